The summed E-state index contributed by atoms with van der Waals surface area (Å²) in [4.78, 5) is 25.5. The van der Waals surface area contributed by atoms with E-state index in [1.165, 1.54) is 6.33 Å². The van der Waals surface area contributed by atoms with Gasteiger partial charge in [0.05, 0.1) is 32.9 Å². The summed E-state index contributed by atoms with van der Waals surface area (Å²) in [5, 5.41) is 3.40. The van der Waals surface area contributed by atoms with Crippen LogP contribution in [0.4, 0.5) is 17.3 Å². The third-order valence-electron chi connectivity index (χ3n) is 5.28. The van der Waals surface area contributed by atoms with Gasteiger partial charge in [-0.1, -0.05) is 12.1 Å². The van der Waals surface area contributed by atoms with Crippen molar-refractivity contribution in [1.29, 1.82) is 0 Å². The molecule has 3 aromatic rings. The Morgan fingerprint density at radius 1 is 0.935 bits per heavy atom. The second-order valence-electron chi connectivity index (χ2n) is 7.26. The lowest BCUT2D eigenvalue weighted by Crippen LogP contribution is -2.35. The first kappa shape index (κ1) is 20.5. The predicted molar refractivity (Wildman–Crippen MR) is 120 cm³/mol. The van der Waals surface area contributed by atoms with Crippen LogP contribution >= 0.6 is 0 Å². The summed E-state index contributed by atoms with van der Waals surface area (Å²) in [7, 11) is 5.14. The van der Waals surface area contributed by atoms with Gasteiger partial charge in [-0.15, -0.1) is 0 Å². The number of hydrogen-bond donors (Lipinski definition) is 1. The number of nitrogens with zero attached hydrogens (tertiary/aromatic N) is 4. The average Bonchev–Trinajstić information content (AvgIpc) is 2.94. The van der Waals surface area contributed by atoms with Gasteiger partial charge in [0, 0.05) is 19.3 Å². The van der Waals surface area contributed by atoms with Crippen molar-refractivity contribution in [3.8, 4) is 11.5 Å². The third kappa shape index (κ3) is 4.37. The number of rotatable bonds is 6. The Balaban J connectivity index is 1.61. The van der Waals surface area contributed by atoms with Gasteiger partial charge < -0.3 is 24.6 Å². The zero-order valence-corrected chi connectivity index (χ0v) is 17.8. The number of carbonyl (C=O) groups is 1. The molecule has 0 unspecified atom stereocenters. The molecule has 2 aromatic carbocycles. The van der Waals surface area contributed by atoms with Crippen LogP contribution in [0.1, 0.15) is 11.1 Å². The van der Waals surface area contributed by atoms with Gasteiger partial charge in [-0.05, 0) is 42.0 Å². The first-order chi connectivity index (χ1) is 15.1. The molecule has 0 saturated heterocycles. The molecule has 0 spiro atoms. The highest BCUT2D eigenvalue weighted by atomic mass is 16.5. The Bertz CT molecular complexity index is 1050. The molecule has 0 atom stereocenters. The molecule has 2 heterocycles. The Kier molecular flexibility index (Phi) is 5.88. The molecule has 4 rings (SSSR count). The lowest BCUT2D eigenvalue weighted by atomic mass is 10.2. The van der Waals surface area contributed by atoms with Gasteiger partial charge in [0.2, 0.25) is 5.91 Å². The highest BCUT2D eigenvalue weighted by Gasteiger charge is 2.28. The van der Waals surface area contributed by atoms with E-state index in [1.54, 1.807) is 19.1 Å². The minimum absolute atomic E-state index is 0.00762. The van der Waals surface area contributed by atoms with Gasteiger partial charge in [-0.3, -0.25) is 4.79 Å². The first-order valence-corrected chi connectivity index (χ1v) is 9.95. The number of aromatic nitrogens is 2. The minimum atomic E-state index is -0.00762. The van der Waals surface area contributed by atoms with Crippen LogP contribution in [-0.4, -0.2) is 43.7 Å². The van der Waals surface area contributed by atoms with Crippen molar-refractivity contribution in [2.24, 2.45) is 0 Å². The number of methoxy groups -OCH3 is 2. The van der Waals surface area contributed by atoms with Crippen molar-refractivity contribution in [2.75, 3.05) is 42.9 Å². The molecule has 8 nitrogen and oxygen atoms in total. The van der Waals surface area contributed by atoms with Crippen LogP contribution in [0.5, 0.6) is 11.5 Å². The molecule has 0 saturated carbocycles. The van der Waals surface area contributed by atoms with E-state index in [9.17, 15) is 4.79 Å². The predicted octanol–water partition coefficient (Wildman–Crippen LogP) is 3.09. The second kappa shape index (κ2) is 8.91. The molecule has 0 bridgehead atoms. The molecule has 8 heteroatoms. The van der Waals surface area contributed by atoms with Crippen molar-refractivity contribution in [2.45, 2.75) is 13.1 Å². The summed E-state index contributed by atoms with van der Waals surface area (Å²) in [6.45, 7) is 1.19. The van der Waals surface area contributed by atoms with E-state index >= 15 is 0 Å². The summed E-state index contributed by atoms with van der Waals surface area (Å²) >= 11 is 0. The molecule has 1 aliphatic rings. The molecule has 160 valence electrons. The van der Waals surface area contributed by atoms with Crippen LogP contribution < -0.4 is 24.6 Å². The van der Waals surface area contributed by atoms with Crippen LogP contribution in [0, 0.1) is 0 Å². The zero-order chi connectivity index (χ0) is 21.8. The number of nitrogens with one attached hydrogen (secondary N) is 1. The average molecular weight is 419 g/mol. The maximum absolute atomic E-state index is 13.0. The van der Waals surface area contributed by atoms with E-state index < -0.39 is 0 Å². The van der Waals surface area contributed by atoms with Gasteiger partial charge in [-0.25, -0.2) is 9.97 Å². The fourth-order valence-corrected chi connectivity index (χ4v) is 3.57. The smallest absolute Gasteiger partial charge is 0.246 e. The van der Waals surface area contributed by atoms with Crippen molar-refractivity contribution in [3.63, 3.8) is 0 Å². The number of anilines is 3. The van der Waals surface area contributed by atoms with E-state index in [0.717, 1.165) is 34.1 Å². The van der Waals surface area contributed by atoms with E-state index in [4.69, 9.17) is 9.47 Å². The van der Waals surface area contributed by atoms with Gasteiger partial charge in [0.25, 0.3) is 0 Å². The largest absolute Gasteiger partial charge is 0.497 e. The number of amides is 1. The fraction of sp³-hybridized carbons (Fsp3) is 0.261. The number of likely N-dealkylation sites (N-methyl/N-ethyl adjacent to an activating group) is 1. The van der Waals surface area contributed by atoms with Gasteiger partial charge >= 0.3 is 0 Å². The van der Waals surface area contributed by atoms with Crippen LogP contribution in [-0.2, 0) is 17.9 Å². The van der Waals surface area contributed by atoms with Crippen LogP contribution in [0.15, 0.2) is 54.9 Å². The number of benzene rings is 2. The van der Waals surface area contributed by atoms with E-state index in [-0.39, 0.29) is 12.5 Å². The number of fused-ring (bicyclic) bond motifs is 1. The van der Waals surface area contributed by atoms with E-state index in [0.29, 0.717) is 18.9 Å². The maximum Gasteiger partial charge on any atom is 0.246 e. The number of carbonyl (C=O) groups excluding carboxylic acids is 1. The SMILES string of the molecule is COc1ccc(CNc2ncnc3c2CN(c2ccc(OC)cc2)C(=O)CN3C)cc1. The number of ether oxygens (including phenoxy) is 2. The molecular formula is C23H25N5O3. The molecule has 31 heavy (non-hydrogen) atoms. The van der Waals surface area contributed by atoms with Crippen molar-refractivity contribution < 1.29 is 14.3 Å². The van der Waals surface area contributed by atoms with Crippen molar-refractivity contribution in [3.05, 3.63) is 66.0 Å². The molecule has 0 radical (unpaired) electrons. The van der Waals surface area contributed by atoms with Gasteiger partial charge in [0.15, 0.2) is 0 Å². The summed E-state index contributed by atoms with van der Waals surface area (Å²) in [5.74, 6) is 3.01. The summed E-state index contributed by atoms with van der Waals surface area (Å²) < 4.78 is 10.5. The van der Waals surface area contributed by atoms with Crippen molar-refractivity contribution >= 4 is 23.2 Å². The monoisotopic (exact) mass is 419 g/mol. The second-order valence-corrected chi connectivity index (χ2v) is 7.26. The van der Waals surface area contributed by atoms with Crippen molar-refractivity contribution in [1.82, 2.24) is 9.97 Å². The third-order valence-corrected chi connectivity index (χ3v) is 5.28. The summed E-state index contributed by atoms with van der Waals surface area (Å²) in [6, 6.07) is 15.3. The molecule has 1 aliphatic heterocycles. The molecule has 0 aliphatic carbocycles. The highest BCUT2D eigenvalue weighted by molar-refractivity contribution is 5.97. The van der Waals surface area contributed by atoms with Gasteiger partial charge in [-0.2, -0.15) is 0 Å². The topological polar surface area (TPSA) is 79.8 Å². The lowest BCUT2D eigenvalue weighted by Gasteiger charge is -2.22. The maximum atomic E-state index is 13.0. The molecule has 1 amide bonds. The van der Waals surface area contributed by atoms with Crippen LogP contribution in [0.25, 0.3) is 0 Å². The normalized spacial score (nSPS) is 13.5. The lowest BCUT2D eigenvalue weighted by molar-refractivity contribution is -0.117. The Morgan fingerprint density at radius 2 is 1.58 bits per heavy atom. The van der Waals surface area contributed by atoms with E-state index in [2.05, 4.69) is 15.3 Å². The Morgan fingerprint density at radius 3 is 2.23 bits per heavy atom. The standard InChI is InChI=1S/C23H25N5O3/c1-27-14-21(29)28(17-6-10-19(31-3)11-7-17)13-20-22(25-15-26-23(20)27)24-12-16-4-8-18(30-2)9-5-16/h4-11,15H,12-14H2,1-3H3,(H,24,25,26). The van der Waals surface area contributed by atoms with Crippen LogP contribution in [0.3, 0.4) is 0 Å². The highest BCUT2D eigenvalue weighted by Crippen LogP contribution is 2.31. The molecular weight excluding hydrogens is 394 g/mol. The zero-order valence-electron chi connectivity index (χ0n) is 17.8. The molecule has 1 aromatic heterocycles. The fourth-order valence-electron chi connectivity index (χ4n) is 3.57. The summed E-state index contributed by atoms with van der Waals surface area (Å²) in [5.41, 5.74) is 2.77. The first-order valence-electron chi connectivity index (χ1n) is 9.95. The molecule has 1 N–H and O–H groups in total. The minimum Gasteiger partial charge on any atom is -0.497 e. The molecule has 0 fully saturated rings. The Hall–Kier alpha value is -3.81. The number of hydrogen-bond acceptors (Lipinski definition) is 7. The van der Waals surface area contributed by atoms with E-state index in [1.807, 2.05) is 60.5 Å². The van der Waals surface area contributed by atoms with Gasteiger partial charge in [0.1, 0.15) is 29.5 Å². The quantitative estimate of drug-likeness (QED) is 0.658. The van der Waals surface area contributed by atoms with Crippen LogP contribution in [0.2, 0.25) is 0 Å². The summed E-state index contributed by atoms with van der Waals surface area (Å²) in [6.07, 6.45) is 1.53. The Labute approximate surface area is 181 Å².